The fraction of sp³-hybridized carbons (Fsp3) is 0.0345. The van der Waals surface area contributed by atoms with Crippen molar-refractivity contribution in [1.82, 2.24) is 0 Å². The zero-order valence-electron chi connectivity index (χ0n) is 16.4. The molecular formula is C29H24. The molecule has 0 unspecified atom stereocenters. The minimum absolute atomic E-state index is 1.10. The Morgan fingerprint density at radius 3 is 1.00 bits per heavy atom. The molecule has 0 heterocycles. The first-order chi connectivity index (χ1) is 14.4. The lowest BCUT2D eigenvalue weighted by Gasteiger charge is -1.98. The first kappa shape index (κ1) is 18.7. The van der Waals surface area contributed by atoms with Crippen LogP contribution in [0.15, 0.2) is 133 Å². The van der Waals surface area contributed by atoms with Crippen molar-refractivity contribution in [2.45, 2.75) is 6.42 Å². The molecule has 5 aromatic rings. The number of rotatable bonds is 0. The molecule has 0 saturated heterocycles. The molecule has 0 radical (unpaired) electrons. The smallest absolute Gasteiger partial charge is 0.00135 e. The van der Waals surface area contributed by atoms with E-state index in [4.69, 9.17) is 0 Å². The number of hydrogen-bond acceptors (Lipinski definition) is 0. The van der Waals surface area contributed by atoms with Crippen LogP contribution in [0, 0.1) is 0 Å². The van der Waals surface area contributed by atoms with E-state index in [2.05, 4.69) is 97.1 Å². The van der Waals surface area contributed by atoms with Crippen LogP contribution in [-0.2, 0) is 6.42 Å². The van der Waals surface area contributed by atoms with Crippen LogP contribution in [0.25, 0.3) is 21.9 Å². The van der Waals surface area contributed by atoms with Crippen molar-refractivity contribution in [3.63, 3.8) is 0 Å². The average Bonchev–Trinajstić information content (AvgIpc) is 3.20. The zero-order valence-corrected chi connectivity index (χ0v) is 16.4. The highest BCUT2D eigenvalue weighted by Gasteiger charge is 2.15. The highest BCUT2D eigenvalue weighted by molar-refractivity contribution is 5.82. The van der Waals surface area contributed by atoms with Gasteiger partial charge in [0.1, 0.15) is 0 Å². The SMILES string of the molecule is c1ccc2c(c1)Cc1ccccc1-2.c1ccc2ccccc2c1.c1ccccc1. The van der Waals surface area contributed by atoms with E-state index in [1.165, 1.54) is 33.0 Å². The molecular weight excluding hydrogens is 348 g/mol. The highest BCUT2D eigenvalue weighted by Crippen LogP contribution is 2.35. The Balaban J connectivity index is 0.000000114. The van der Waals surface area contributed by atoms with E-state index >= 15 is 0 Å². The quantitative estimate of drug-likeness (QED) is 0.255. The summed E-state index contributed by atoms with van der Waals surface area (Å²) in [4.78, 5) is 0. The Kier molecular flexibility index (Phi) is 6.14. The molecule has 0 aromatic heterocycles. The van der Waals surface area contributed by atoms with E-state index in [-0.39, 0.29) is 0 Å². The molecule has 0 fully saturated rings. The molecule has 5 aromatic carbocycles. The van der Waals surface area contributed by atoms with Gasteiger partial charge < -0.3 is 0 Å². The van der Waals surface area contributed by atoms with Crippen molar-refractivity contribution >= 4 is 10.8 Å². The summed E-state index contributed by atoms with van der Waals surface area (Å²) >= 11 is 0. The number of fused-ring (bicyclic) bond motifs is 4. The van der Waals surface area contributed by atoms with Crippen LogP contribution in [0.4, 0.5) is 0 Å². The first-order valence-corrected chi connectivity index (χ1v) is 10.0. The summed E-state index contributed by atoms with van der Waals surface area (Å²) in [5.41, 5.74) is 5.75. The maximum atomic E-state index is 2.22. The summed E-state index contributed by atoms with van der Waals surface area (Å²) in [6.45, 7) is 0. The second-order valence-corrected chi connectivity index (χ2v) is 6.99. The van der Waals surface area contributed by atoms with Gasteiger partial charge in [-0.2, -0.15) is 0 Å². The van der Waals surface area contributed by atoms with Gasteiger partial charge >= 0.3 is 0 Å². The summed E-state index contributed by atoms with van der Waals surface area (Å²) in [6.07, 6.45) is 1.10. The second-order valence-electron chi connectivity index (χ2n) is 6.99. The Morgan fingerprint density at radius 2 is 0.621 bits per heavy atom. The van der Waals surface area contributed by atoms with Crippen LogP contribution in [0.5, 0.6) is 0 Å². The van der Waals surface area contributed by atoms with Crippen LogP contribution >= 0.6 is 0 Å². The van der Waals surface area contributed by atoms with Crippen molar-refractivity contribution in [3.8, 4) is 11.1 Å². The Labute approximate surface area is 173 Å². The molecule has 0 bridgehead atoms. The van der Waals surface area contributed by atoms with E-state index in [9.17, 15) is 0 Å². The van der Waals surface area contributed by atoms with Crippen LogP contribution in [0.1, 0.15) is 11.1 Å². The molecule has 29 heavy (non-hydrogen) atoms. The normalized spacial score (nSPS) is 10.6. The van der Waals surface area contributed by atoms with Gasteiger partial charge in [-0.1, -0.05) is 133 Å². The molecule has 0 aliphatic heterocycles. The van der Waals surface area contributed by atoms with Crippen LogP contribution in [0.3, 0.4) is 0 Å². The van der Waals surface area contributed by atoms with Gasteiger partial charge in [-0.25, -0.2) is 0 Å². The largest absolute Gasteiger partial charge is 0.0623 e. The minimum Gasteiger partial charge on any atom is -0.0623 e. The molecule has 140 valence electrons. The summed E-state index contributed by atoms with van der Waals surface area (Å²) < 4.78 is 0. The van der Waals surface area contributed by atoms with Gasteiger partial charge in [0.15, 0.2) is 0 Å². The molecule has 1 aliphatic rings. The zero-order chi connectivity index (χ0) is 19.7. The third-order valence-corrected chi connectivity index (χ3v) is 5.03. The third-order valence-electron chi connectivity index (χ3n) is 5.03. The first-order valence-electron chi connectivity index (χ1n) is 10.0. The van der Waals surface area contributed by atoms with Gasteiger partial charge in [-0.3, -0.25) is 0 Å². The molecule has 0 spiro atoms. The lowest BCUT2D eigenvalue weighted by molar-refractivity contribution is 1.26. The highest BCUT2D eigenvalue weighted by atomic mass is 14.2. The topological polar surface area (TPSA) is 0 Å². The van der Waals surface area contributed by atoms with Gasteiger partial charge in [0.05, 0.1) is 0 Å². The van der Waals surface area contributed by atoms with Gasteiger partial charge in [0, 0.05) is 0 Å². The standard InChI is InChI=1S/C13H10.C10H8.C6H6/c1-3-7-12-10(5-1)9-11-6-2-4-8-13(11)12;1-2-6-10-8-4-3-7-9(10)5-1;1-2-4-6-5-3-1/h1-8H,9H2;1-8H;1-6H. The van der Waals surface area contributed by atoms with Crippen LogP contribution in [-0.4, -0.2) is 0 Å². The van der Waals surface area contributed by atoms with Gasteiger partial charge in [-0.05, 0) is 39.4 Å². The van der Waals surface area contributed by atoms with E-state index < -0.39 is 0 Å². The van der Waals surface area contributed by atoms with Gasteiger partial charge in [0.25, 0.3) is 0 Å². The maximum absolute atomic E-state index is 2.22. The Morgan fingerprint density at radius 1 is 0.310 bits per heavy atom. The molecule has 0 atom stereocenters. The Bertz CT molecular complexity index is 1040. The molecule has 0 heteroatoms. The second kappa shape index (κ2) is 9.52. The fourth-order valence-corrected chi connectivity index (χ4v) is 3.60. The van der Waals surface area contributed by atoms with Crippen molar-refractivity contribution < 1.29 is 0 Å². The Hall–Kier alpha value is -3.64. The van der Waals surface area contributed by atoms with Gasteiger partial charge in [-0.15, -0.1) is 0 Å². The molecule has 0 nitrogen and oxygen atoms in total. The van der Waals surface area contributed by atoms with Crippen molar-refractivity contribution in [2.75, 3.05) is 0 Å². The van der Waals surface area contributed by atoms with Gasteiger partial charge in [0.2, 0.25) is 0 Å². The monoisotopic (exact) mass is 372 g/mol. The summed E-state index contributed by atoms with van der Waals surface area (Å²) in [6, 6.07) is 46.0. The van der Waals surface area contributed by atoms with Crippen LogP contribution < -0.4 is 0 Å². The van der Waals surface area contributed by atoms with Crippen molar-refractivity contribution in [2.24, 2.45) is 0 Å². The van der Waals surface area contributed by atoms with E-state index in [1.807, 2.05) is 36.4 Å². The summed E-state index contributed by atoms with van der Waals surface area (Å²) in [5.74, 6) is 0. The van der Waals surface area contributed by atoms with E-state index in [0.29, 0.717) is 0 Å². The van der Waals surface area contributed by atoms with Crippen molar-refractivity contribution in [1.29, 1.82) is 0 Å². The lowest BCUT2D eigenvalue weighted by atomic mass is 10.1. The predicted octanol–water partition coefficient (Wildman–Crippen LogP) is 7.78. The fourth-order valence-electron chi connectivity index (χ4n) is 3.60. The van der Waals surface area contributed by atoms with Crippen molar-refractivity contribution in [3.05, 3.63) is 145 Å². The molecule has 6 rings (SSSR count). The minimum atomic E-state index is 1.10. The molecule has 0 amide bonds. The van der Waals surface area contributed by atoms with E-state index in [1.54, 1.807) is 0 Å². The maximum Gasteiger partial charge on any atom is -0.00135 e. The molecule has 0 N–H and O–H groups in total. The lowest BCUT2D eigenvalue weighted by Crippen LogP contribution is -1.77. The van der Waals surface area contributed by atoms with Crippen LogP contribution in [0.2, 0.25) is 0 Å². The molecule has 0 saturated carbocycles. The molecule has 1 aliphatic carbocycles. The average molecular weight is 373 g/mol. The number of hydrogen-bond donors (Lipinski definition) is 0. The third kappa shape index (κ3) is 4.80. The summed E-state index contributed by atoms with van der Waals surface area (Å²) in [7, 11) is 0. The van der Waals surface area contributed by atoms with E-state index in [0.717, 1.165) is 6.42 Å². The number of benzene rings is 5. The summed E-state index contributed by atoms with van der Waals surface area (Å²) in [5, 5.41) is 2.62. The predicted molar refractivity (Wildman–Crippen MR) is 125 cm³/mol.